The minimum absolute atomic E-state index is 0.141. The minimum Gasteiger partial charge on any atom is -0.494 e. The van der Waals surface area contributed by atoms with Crippen molar-refractivity contribution in [3.05, 3.63) is 78.1 Å². The summed E-state index contributed by atoms with van der Waals surface area (Å²) in [5.74, 6) is 0.656. The predicted molar refractivity (Wildman–Crippen MR) is 151 cm³/mol. The molecule has 0 bridgehead atoms. The lowest BCUT2D eigenvalue weighted by molar-refractivity contribution is -0.124. The second-order valence-corrected chi connectivity index (χ2v) is 9.26. The van der Waals surface area contributed by atoms with Crippen LogP contribution in [-0.2, 0) is 16.1 Å². The van der Waals surface area contributed by atoms with Crippen LogP contribution in [0.25, 0.3) is 0 Å². The van der Waals surface area contributed by atoms with Gasteiger partial charge in [0.1, 0.15) is 17.6 Å². The molecule has 1 fully saturated rings. The molecule has 1 atom stereocenters. The number of amides is 2. The smallest absolute Gasteiger partial charge is 0.256 e. The molecule has 3 aromatic carbocycles. The summed E-state index contributed by atoms with van der Waals surface area (Å²) >= 11 is 5.71. The molecule has 0 radical (unpaired) electrons. The summed E-state index contributed by atoms with van der Waals surface area (Å²) in [6.07, 6.45) is 0.753. The van der Waals surface area contributed by atoms with E-state index in [2.05, 4.69) is 5.32 Å². The van der Waals surface area contributed by atoms with Crippen LogP contribution in [0, 0.1) is 5.82 Å². The summed E-state index contributed by atoms with van der Waals surface area (Å²) in [6, 6.07) is 17.1. The Hall–Kier alpha value is -4.18. The zero-order valence-electron chi connectivity index (χ0n) is 22.0. The van der Waals surface area contributed by atoms with Gasteiger partial charge in [-0.05, 0) is 84.9 Å². The van der Waals surface area contributed by atoms with Gasteiger partial charge in [-0.1, -0.05) is 13.0 Å². The van der Waals surface area contributed by atoms with Gasteiger partial charge in [-0.2, -0.15) is 0 Å². The number of ether oxygens (including phenoxy) is 3. The molecule has 0 aromatic heterocycles. The average molecular weight is 552 g/mol. The molecule has 1 N–H and O–H groups in total. The first kappa shape index (κ1) is 27.8. The van der Waals surface area contributed by atoms with Crippen molar-refractivity contribution in [2.24, 2.45) is 0 Å². The van der Waals surface area contributed by atoms with Crippen molar-refractivity contribution in [2.75, 3.05) is 31.0 Å². The van der Waals surface area contributed by atoms with Gasteiger partial charge in [0.05, 0.1) is 32.9 Å². The summed E-state index contributed by atoms with van der Waals surface area (Å²) in [6.45, 7) is 2.87. The fourth-order valence-electron chi connectivity index (χ4n) is 4.26. The standard InChI is InChI=1S/C29H30FN3O5S/c1-4-15-38-23-12-8-21(9-13-23)31-27(34)17-24-28(35)33(22-10-6-20(30)7-11-22)29(39)32(24)18-19-5-14-25(36-2)26(16-19)37-3/h5-14,16,24H,4,15,17-18H2,1-3H3,(H,31,34). The number of nitrogens with one attached hydrogen (secondary N) is 1. The number of hydrogen-bond donors (Lipinski definition) is 1. The van der Waals surface area contributed by atoms with Gasteiger partial charge < -0.3 is 24.4 Å². The molecule has 0 saturated carbocycles. The van der Waals surface area contributed by atoms with Crippen molar-refractivity contribution in [3.63, 3.8) is 0 Å². The Kier molecular flexibility index (Phi) is 8.98. The first-order valence-corrected chi connectivity index (χ1v) is 12.9. The molecule has 0 aliphatic carbocycles. The van der Waals surface area contributed by atoms with E-state index >= 15 is 0 Å². The van der Waals surface area contributed by atoms with E-state index in [-0.39, 0.29) is 29.9 Å². The molecule has 10 heteroatoms. The molecule has 39 heavy (non-hydrogen) atoms. The highest BCUT2D eigenvalue weighted by Gasteiger charge is 2.44. The van der Waals surface area contributed by atoms with Crippen LogP contribution in [-0.4, -0.2) is 48.7 Å². The Morgan fingerprint density at radius 2 is 1.69 bits per heavy atom. The van der Waals surface area contributed by atoms with Crippen molar-refractivity contribution in [3.8, 4) is 17.2 Å². The van der Waals surface area contributed by atoms with E-state index in [9.17, 15) is 14.0 Å². The number of thiocarbonyl (C=S) groups is 1. The third-order valence-corrected chi connectivity index (χ3v) is 6.61. The molecular formula is C29H30FN3O5S. The Morgan fingerprint density at radius 1 is 1.00 bits per heavy atom. The van der Waals surface area contributed by atoms with Crippen LogP contribution in [0.3, 0.4) is 0 Å². The number of rotatable bonds is 11. The van der Waals surface area contributed by atoms with E-state index in [1.807, 2.05) is 13.0 Å². The van der Waals surface area contributed by atoms with E-state index in [1.54, 1.807) is 48.4 Å². The summed E-state index contributed by atoms with van der Waals surface area (Å²) in [4.78, 5) is 29.7. The van der Waals surface area contributed by atoms with Crippen molar-refractivity contribution in [2.45, 2.75) is 32.4 Å². The van der Waals surface area contributed by atoms with Crippen molar-refractivity contribution in [1.29, 1.82) is 0 Å². The molecule has 1 heterocycles. The van der Waals surface area contributed by atoms with Crippen molar-refractivity contribution < 1.29 is 28.2 Å². The fraction of sp³-hybridized carbons (Fsp3) is 0.276. The first-order chi connectivity index (χ1) is 18.8. The summed E-state index contributed by atoms with van der Waals surface area (Å²) < 4.78 is 29.9. The lowest BCUT2D eigenvalue weighted by Crippen LogP contribution is -2.37. The predicted octanol–water partition coefficient (Wildman–Crippen LogP) is 5.16. The average Bonchev–Trinajstić information content (AvgIpc) is 3.16. The SMILES string of the molecule is CCCOc1ccc(NC(=O)CC2C(=O)N(c3ccc(F)cc3)C(=S)N2Cc2ccc(OC)c(OC)c2)cc1. The van der Waals surface area contributed by atoms with Gasteiger partial charge in [-0.25, -0.2) is 4.39 Å². The largest absolute Gasteiger partial charge is 0.494 e. The maximum Gasteiger partial charge on any atom is 0.256 e. The number of carbonyl (C=O) groups is 2. The first-order valence-electron chi connectivity index (χ1n) is 12.5. The second kappa shape index (κ2) is 12.6. The van der Waals surface area contributed by atoms with E-state index in [1.165, 1.54) is 36.3 Å². The summed E-state index contributed by atoms with van der Waals surface area (Å²) in [5.41, 5.74) is 1.81. The Balaban J connectivity index is 1.57. The molecule has 204 valence electrons. The number of nitrogens with zero attached hydrogens (tertiary/aromatic N) is 2. The van der Waals surface area contributed by atoms with Gasteiger partial charge in [0, 0.05) is 12.2 Å². The van der Waals surface area contributed by atoms with Crippen molar-refractivity contribution >= 4 is 40.5 Å². The molecule has 1 aliphatic heterocycles. The number of benzene rings is 3. The van der Waals surface area contributed by atoms with E-state index in [0.717, 1.165) is 12.0 Å². The van der Waals surface area contributed by atoms with E-state index in [4.69, 9.17) is 26.4 Å². The third-order valence-electron chi connectivity index (χ3n) is 6.19. The fourth-order valence-corrected chi connectivity index (χ4v) is 4.65. The van der Waals surface area contributed by atoms with Crippen LogP contribution >= 0.6 is 12.2 Å². The van der Waals surface area contributed by atoms with Crippen LogP contribution in [0.15, 0.2) is 66.7 Å². The monoisotopic (exact) mass is 551 g/mol. The maximum atomic E-state index is 13.6. The van der Waals surface area contributed by atoms with Gasteiger partial charge in [-0.15, -0.1) is 0 Å². The normalized spacial score (nSPS) is 14.9. The number of carbonyl (C=O) groups excluding carboxylic acids is 2. The summed E-state index contributed by atoms with van der Waals surface area (Å²) in [5, 5.41) is 3.07. The van der Waals surface area contributed by atoms with Crippen LogP contribution < -0.4 is 24.4 Å². The molecular weight excluding hydrogens is 521 g/mol. The summed E-state index contributed by atoms with van der Waals surface area (Å²) in [7, 11) is 3.09. The molecule has 2 amide bonds. The Morgan fingerprint density at radius 3 is 2.33 bits per heavy atom. The van der Waals surface area contributed by atoms with Gasteiger partial charge >= 0.3 is 0 Å². The molecule has 1 saturated heterocycles. The Labute approximate surface area is 232 Å². The Bertz CT molecular complexity index is 1330. The van der Waals surface area contributed by atoms with Crippen LogP contribution in [0.4, 0.5) is 15.8 Å². The lowest BCUT2D eigenvalue weighted by atomic mass is 10.1. The van der Waals surface area contributed by atoms with Gasteiger partial charge in [0.2, 0.25) is 5.91 Å². The molecule has 1 aliphatic rings. The quantitative estimate of drug-likeness (QED) is 0.330. The highest BCUT2D eigenvalue weighted by atomic mass is 32.1. The lowest BCUT2D eigenvalue weighted by Gasteiger charge is -2.24. The third kappa shape index (κ3) is 6.46. The van der Waals surface area contributed by atoms with Gasteiger partial charge in [0.15, 0.2) is 16.6 Å². The van der Waals surface area contributed by atoms with Gasteiger partial charge in [0.25, 0.3) is 5.91 Å². The molecule has 4 rings (SSSR count). The van der Waals surface area contributed by atoms with Crippen molar-refractivity contribution in [1.82, 2.24) is 4.90 Å². The van der Waals surface area contributed by atoms with Gasteiger partial charge in [-0.3, -0.25) is 14.5 Å². The number of hydrogen-bond acceptors (Lipinski definition) is 6. The molecule has 3 aromatic rings. The molecule has 0 spiro atoms. The highest BCUT2D eigenvalue weighted by Crippen LogP contribution is 2.32. The second-order valence-electron chi connectivity index (χ2n) is 8.89. The van der Waals surface area contributed by atoms with Crippen LogP contribution in [0.1, 0.15) is 25.3 Å². The zero-order chi connectivity index (χ0) is 27.9. The van der Waals surface area contributed by atoms with E-state index in [0.29, 0.717) is 35.2 Å². The highest BCUT2D eigenvalue weighted by molar-refractivity contribution is 7.80. The minimum atomic E-state index is -0.872. The number of halogens is 1. The molecule has 8 nitrogen and oxygen atoms in total. The zero-order valence-corrected chi connectivity index (χ0v) is 22.8. The maximum absolute atomic E-state index is 13.6. The van der Waals surface area contributed by atoms with Crippen LogP contribution in [0.2, 0.25) is 0 Å². The number of anilines is 2. The topological polar surface area (TPSA) is 80.3 Å². The molecule has 1 unspecified atom stereocenters. The van der Waals surface area contributed by atoms with Crippen LogP contribution in [0.5, 0.6) is 17.2 Å². The van der Waals surface area contributed by atoms with E-state index < -0.39 is 11.9 Å². The number of methoxy groups -OCH3 is 2.